The van der Waals surface area contributed by atoms with Crippen molar-refractivity contribution in [3.63, 3.8) is 0 Å². The van der Waals surface area contributed by atoms with Gasteiger partial charge in [-0.3, -0.25) is 0 Å². The molecule has 0 unspecified atom stereocenters. The lowest BCUT2D eigenvalue weighted by atomic mass is 9.75. The van der Waals surface area contributed by atoms with Gasteiger partial charge in [-0.25, -0.2) is 9.78 Å². The van der Waals surface area contributed by atoms with Crippen molar-refractivity contribution in [1.82, 2.24) is 9.88 Å². The Hall–Kier alpha value is -2.32. The fraction of sp³-hybridized carbons (Fsp3) is 0.583. The summed E-state index contributed by atoms with van der Waals surface area (Å²) < 4.78 is 18.4. The Kier molecular flexibility index (Phi) is 5.66. The van der Waals surface area contributed by atoms with Gasteiger partial charge in [-0.2, -0.15) is 0 Å². The van der Waals surface area contributed by atoms with E-state index in [1.807, 2.05) is 72.7 Å². The molecule has 0 aliphatic carbocycles. The predicted octanol–water partition coefficient (Wildman–Crippen LogP) is 4.29. The number of piperazine rings is 1. The fourth-order valence-corrected chi connectivity index (χ4v) is 4.08. The zero-order chi connectivity index (χ0) is 23.3. The third-order valence-electron chi connectivity index (χ3n) is 6.53. The first-order valence-electron chi connectivity index (χ1n) is 11.3. The third-order valence-corrected chi connectivity index (χ3v) is 6.53. The number of anilines is 1. The van der Waals surface area contributed by atoms with Crippen LogP contribution in [0.3, 0.4) is 0 Å². The molecule has 2 aliphatic rings. The van der Waals surface area contributed by atoms with Crippen molar-refractivity contribution in [2.45, 2.75) is 71.2 Å². The summed E-state index contributed by atoms with van der Waals surface area (Å²) in [6, 6.07) is 12.2. The van der Waals surface area contributed by atoms with E-state index < -0.39 is 23.9 Å². The minimum atomic E-state index is -0.548. The molecule has 7 nitrogen and oxygen atoms in total. The first-order valence-corrected chi connectivity index (χ1v) is 11.3. The standard InChI is InChI=1S/C24H34BN3O4/c1-22(2,3)30-21(29)27-14-15-28(20-13-12-17-10-8-9-11-18(17)26-20)19(16-27)25-31-23(4,5)24(6,7)32-25/h8-13,19H,14-16H2,1-7H3/t19-/m1/s1. The van der Waals surface area contributed by atoms with Crippen molar-refractivity contribution >= 4 is 29.9 Å². The molecule has 4 rings (SSSR count). The number of para-hydroxylation sites is 1. The summed E-state index contributed by atoms with van der Waals surface area (Å²) in [5, 5.41) is 1.09. The van der Waals surface area contributed by atoms with E-state index in [4.69, 9.17) is 19.0 Å². The molecule has 0 N–H and O–H groups in total. The van der Waals surface area contributed by atoms with E-state index in [1.165, 1.54) is 0 Å². The summed E-state index contributed by atoms with van der Waals surface area (Å²) in [7, 11) is -0.501. The van der Waals surface area contributed by atoms with Crippen LogP contribution in [0.25, 0.3) is 10.9 Å². The van der Waals surface area contributed by atoms with Gasteiger partial charge in [0.2, 0.25) is 0 Å². The van der Waals surface area contributed by atoms with Gasteiger partial charge in [-0.15, -0.1) is 0 Å². The summed E-state index contributed by atoms with van der Waals surface area (Å²) in [5.41, 5.74) is -0.538. The van der Waals surface area contributed by atoms with Crippen LogP contribution in [0.5, 0.6) is 0 Å². The summed E-state index contributed by atoms with van der Waals surface area (Å²) in [6.07, 6.45) is -0.315. The monoisotopic (exact) mass is 439 g/mol. The van der Waals surface area contributed by atoms with Gasteiger partial charge in [0.15, 0.2) is 0 Å². The normalized spacial score (nSPS) is 23.0. The van der Waals surface area contributed by atoms with Crippen LogP contribution < -0.4 is 4.90 Å². The van der Waals surface area contributed by atoms with Gasteiger partial charge in [0.05, 0.1) is 22.7 Å². The highest BCUT2D eigenvalue weighted by atomic mass is 16.7. The molecule has 2 saturated heterocycles. The Morgan fingerprint density at radius 1 is 1.06 bits per heavy atom. The van der Waals surface area contributed by atoms with Crippen LogP contribution >= 0.6 is 0 Å². The second-order valence-corrected chi connectivity index (χ2v) is 10.7. The number of hydrogen-bond donors (Lipinski definition) is 0. The maximum absolute atomic E-state index is 12.8. The number of ether oxygens (including phenoxy) is 1. The number of amides is 1. The quantitative estimate of drug-likeness (QED) is 0.651. The first-order chi connectivity index (χ1) is 14.9. The van der Waals surface area contributed by atoms with Gasteiger partial charge in [0, 0.05) is 25.0 Å². The molecule has 0 spiro atoms. The number of hydrogen-bond acceptors (Lipinski definition) is 6. The van der Waals surface area contributed by atoms with Gasteiger partial charge in [0.1, 0.15) is 11.4 Å². The van der Waals surface area contributed by atoms with Crippen molar-refractivity contribution in [1.29, 1.82) is 0 Å². The van der Waals surface area contributed by atoms with Crippen LogP contribution in [0, 0.1) is 0 Å². The number of carbonyl (C=O) groups is 1. The summed E-state index contributed by atoms with van der Waals surface area (Å²) in [6.45, 7) is 15.4. The molecule has 1 aromatic heterocycles. The fourth-order valence-electron chi connectivity index (χ4n) is 4.08. The smallest absolute Gasteiger partial charge is 0.444 e. The summed E-state index contributed by atoms with van der Waals surface area (Å²) in [4.78, 5) is 21.7. The van der Waals surface area contributed by atoms with Crippen LogP contribution in [-0.2, 0) is 14.0 Å². The predicted molar refractivity (Wildman–Crippen MR) is 127 cm³/mol. The Balaban J connectivity index is 1.65. The van der Waals surface area contributed by atoms with E-state index in [1.54, 1.807) is 4.90 Å². The van der Waals surface area contributed by atoms with Crippen molar-refractivity contribution in [2.24, 2.45) is 0 Å². The lowest BCUT2D eigenvalue weighted by Gasteiger charge is -2.42. The highest BCUT2D eigenvalue weighted by Gasteiger charge is 2.56. The molecule has 1 atom stereocenters. The van der Waals surface area contributed by atoms with Crippen molar-refractivity contribution in [2.75, 3.05) is 24.5 Å². The van der Waals surface area contributed by atoms with Crippen LogP contribution in [0.2, 0.25) is 0 Å². The molecule has 2 aromatic rings. The third kappa shape index (κ3) is 4.43. The van der Waals surface area contributed by atoms with Crippen molar-refractivity contribution in [3.8, 4) is 0 Å². The van der Waals surface area contributed by atoms with Crippen LogP contribution in [0.15, 0.2) is 36.4 Å². The molecule has 0 radical (unpaired) electrons. The molecule has 172 valence electrons. The second-order valence-electron chi connectivity index (χ2n) is 10.7. The Morgan fingerprint density at radius 3 is 2.38 bits per heavy atom. The van der Waals surface area contributed by atoms with E-state index in [2.05, 4.69) is 17.0 Å². The number of aromatic nitrogens is 1. The number of carbonyl (C=O) groups excluding carboxylic acids is 1. The highest BCUT2D eigenvalue weighted by Crippen LogP contribution is 2.39. The van der Waals surface area contributed by atoms with E-state index in [-0.39, 0.29) is 12.0 Å². The van der Waals surface area contributed by atoms with E-state index in [9.17, 15) is 4.79 Å². The Labute approximate surface area is 191 Å². The van der Waals surface area contributed by atoms with E-state index in [0.717, 1.165) is 16.7 Å². The van der Waals surface area contributed by atoms with Gasteiger partial charge in [-0.1, -0.05) is 18.2 Å². The zero-order valence-electron chi connectivity index (χ0n) is 20.2. The molecule has 2 aliphatic heterocycles. The first kappa shape index (κ1) is 22.9. The van der Waals surface area contributed by atoms with Gasteiger partial charge in [0.25, 0.3) is 0 Å². The molecule has 32 heavy (non-hydrogen) atoms. The highest BCUT2D eigenvalue weighted by molar-refractivity contribution is 6.48. The molecule has 8 heteroatoms. The second kappa shape index (κ2) is 7.92. The molecule has 1 aromatic carbocycles. The Bertz CT molecular complexity index is 988. The minimum Gasteiger partial charge on any atom is -0.444 e. The van der Waals surface area contributed by atoms with Gasteiger partial charge in [-0.05, 0) is 66.7 Å². The number of fused-ring (bicyclic) bond motifs is 1. The minimum absolute atomic E-state index is 0.217. The molecular weight excluding hydrogens is 405 g/mol. The number of nitrogens with zero attached hydrogens (tertiary/aromatic N) is 3. The lowest BCUT2D eigenvalue weighted by molar-refractivity contribution is 0.00578. The molecule has 3 heterocycles. The van der Waals surface area contributed by atoms with E-state index >= 15 is 0 Å². The number of benzene rings is 1. The van der Waals surface area contributed by atoms with Crippen molar-refractivity contribution in [3.05, 3.63) is 36.4 Å². The zero-order valence-corrected chi connectivity index (χ0v) is 20.2. The van der Waals surface area contributed by atoms with E-state index in [0.29, 0.717) is 19.6 Å². The number of rotatable bonds is 2. The molecular formula is C24H34BN3O4. The van der Waals surface area contributed by atoms with Crippen LogP contribution in [0.1, 0.15) is 48.5 Å². The molecule has 1 amide bonds. The molecule has 0 saturated carbocycles. The average Bonchev–Trinajstić information content (AvgIpc) is 2.93. The maximum Gasteiger partial charge on any atom is 0.483 e. The maximum atomic E-state index is 12.8. The summed E-state index contributed by atoms with van der Waals surface area (Å²) in [5.74, 6) is 0.637. The Morgan fingerprint density at radius 2 is 1.72 bits per heavy atom. The SMILES string of the molecule is CC(C)(C)OC(=O)N1CCN(c2ccc3ccccc3n2)[C@@H](B2OC(C)(C)C(C)(C)O2)C1. The summed E-state index contributed by atoms with van der Waals surface area (Å²) >= 11 is 0. The molecule has 2 fully saturated rings. The van der Waals surface area contributed by atoms with Crippen LogP contribution in [-0.4, -0.2) is 65.5 Å². The number of pyridine rings is 1. The topological polar surface area (TPSA) is 64.1 Å². The van der Waals surface area contributed by atoms with Gasteiger partial charge < -0.3 is 23.8 Å². The largest absolute Gasteiger partial charge is 0.483 e. The van der Waals surface area contributed by atoms with Crippen molar-refractivity contribution < 1.29 is 18.8 Å². The lowest BCUT2D eigenvalue weighted by Crippen LogP contribution is -2.62. The van der Waals surface area contributed by atoms with Gasteiger partial charge >= 0.3 is 13.2 Å². The molecule has 0 bridgehead atoms. The van der Waals surface area contributed by atoms with Crippen LogP contribution in [0.4, 0.5) is 10.6 Å². The average molecular weight is 439 g/mol.